The molecule has 0 unspecified atom stereocenters. The number of nitrogens with two attached hydrogens (primary N) is 1. The molecular weight excluding hydrogens is 328 g/mol. The third-order valence-electron chi connectivity index (χ3n) is 3.67. The zero-order chi connectivity index (χ0) is 16.2. The molecule has 0 bridgehead atoms. The molecule has 0 saturated carbocycles. The second kappa shape index (κ2) is 6.95. The number of hydrogen-bond donors (Lipinski definition) is 2. The monoisotopic (exact) mass is 346 g/mol. The Morgan fingerprint density at radius 1 is 1.27 bits per heavy atom. The molecule has 122 valence electrons. The zero-order valence-electron chi connectivity index (χ0n) is 12.0. The predicted octanol–water partition coefficient (Wildman–Crippen LogP) is 0.738. The summed E-state index contributed by atoms with van der Waals surface area (Å²) in [7, 11) is -3.46. The third kappa shape index (κ3) is 4.19. The number of carbonyl (C=O) groups is 1. The van der Waals surface area contributed by atoms with Crippen LogP contribution in [0.4, 0.5) is 0 Å². The molecule has 6 nitrogen and oxygen atoms in total. The summed E-state index contributed by atoms with van der Waals surface area (Å²) >= 11 is 5.73. The predicted molar refractivity (Wildman–Crippen MR) is 83.5 cm³/mol. The highest BCUT2D eigenvalue weighted by atomic mass is 35.5. The van der Waals surface area contributed by atoms with Gasteiger partial charge < -0.3 is 15.8 Å². The van der Waals surface area contributed by atoms with E-state index in [2.05, 4.69) is 5.32 Å². The van der Waals surface area contributed by atoms with E-state index < -0.39 is 15.4 Å². The molecule has 0 radical (unpaired) electrons. The fraction of sp³-hybridized carbons (Fsp3) is 0.500. The van der Waals surface area contributed by atoms with Gasteiger partial charge in [0, 0.05) is 24.8 Å². The second-order valence-corrected chi connectivity index (χ2v) is 7.84. The maximum absolute atomic E-state index is 12.1. The number of ether oxygens (including phenoxy) is 1. The molecular formula is C14H19ClN2O4S. The highest BCUT2D eigenvalue weighted by molar-refractivity contribution is 7.91. The summed E-state index contributed by atoms with van der Waals surface area (Å²) in [6.07, 6.45) is 0.867. The van der Waals surface area contributed by atoms with Crippen LogP contribution in [0.2, 0.25) is 5.02 Å². The fourth-order valence-corrected chi connectivity index (χ4v) is 3.48. The van der Waals surface area contributed by atoms with Crippen molar-refractivity contribution in [1.29, 1.82) is 0 Å². The van der Waals surface area contributed by atoms with E-state index in [0.717, 1.165) is 0 Å². The number of rotatable bonds is 5. The maximum Gasteiger partial charge on any atom is 0.240 e. The second-order valence-electron chi connectivity index (χ2n) is 5.30. The fourth-order valence-electron chi connectivity index (χ4n) is 2.20. The molecule has 1 aliphatic heterocycles. The van der Waals surface area contributed by atoms with Gasteiger partial charge in [-0.15, -0.1) is 0 Å². The molecule has 1 fully saturated rings. The Balaban J connectivity index is 1.90. The van der Waals surface area contributed by atoms with Gasteiger partial charge in [0.1, 0.15) is 0 Å². The van der Waals surface area contributed by atoms with Crippen LogP contribution in [-0.4, -0.2) is 45.4 Å². The van der Waals surface area contributed by atoms with E-state index in [-0.39, 0.29) is 23.1 Å². The molecule has 0 atom stereocenters. The first-order valence-electron chi connectivity index (χ1n) is 6.97. The van der Waals surface area contributed by atoms with Crippen LogP contribution in [0.5, 0.6) is 0 Å². The molecule has 1 saturated heterocycles. The normalized spacial score (nSPS) is 17.9. The summed E-state index contributed by atoms with van der Waals surface area (Å²) < 4.78 is 29.4. The average Bonchev–Trinajstić information content (AvgIpc) is 2.48. The molecule has 0 aliphatic carbocycles. The van der Waals surface area contributed by atoms with Crippen molar-refractivity contribution in [2.24, 2.45) is 5.73 Å². The molecule has 1 aliphatic rings. The Labute approximate surface area is 134 Å². The molecule has 1 aromatic carbocycles. The lowest BCUT2D eigenvalue weighted by atomic mass is 9.90. The molecule has 1 amide bonds. The molecule has 3 N–H and O–H groups in total. The molecule has 2 rings (SSSR count). The van der Waals surface area contributed by atoms with Crippen LogP contribution in [0.1, 0.15) is 12.8 Å². The third-order valence-corrected chi connectivity index (χ3v) is 5.65. The van der Waals surface area contributed by atoms with Gasteiger partial charge in [0.15, 0.2) is 9.84 Å². The first-order chi connectivity index (χ1) is 10.3. The van der Waals surface area contributed by atoms with Gasteiger partial charge in [0.25, 0.3) is 0 Å². The van der Waals surface area contributed by atoms with Gasteiger partial charge in [-0.1, -0.05) is 11.6 Å². The van der Waals surface area contributed by atoms with Gasteiger partial charge in [-0.2, -0.15) is 0 Å². The largest absolute Gasteiger partial charge is 0.381 e. The van der Waals surface area contributed by atoms with Crippen LogP contribution in [0, 0.1) is 0 Å². The van der Waals surface area contributed by atoms with E-state index in [1.165, 1.54) is 24.3 Å². The molecule has 22 heavy (non-hydrogen) atoms. The first-order valence-corrected chi connectivity index (χ1v) is 9.00. The van der Waals surface area contributed by atoms with Crippen molar-refractivity contribution in [2.45, 2.75) is 23.3 Å². The summed E-state index contributed by atoms with van der Waals surface area (Å²) in [6.45, 7) is 0.892. The highest BCUT2D eigenvalue weighted by Crippen LogP contribution is 2.18. The summed E-state index contributed by atoms with van der Waals surface area (Å²) in [5.74, 6) is -0.519. The molecule has 0 spiro atoms. The van der Waals surface area contributed by atoms with E-state index >= 15 is 0 Å². The van der Waals surface area contributed by atoms with Crippen LogP contribution in [0.3, 0.4) is 0 Å². The minimum Gasteiger partial charge on any atom is -0.381 e. The van der Waals surface area contributed by atoms with Gasteiger partial charge in [-0.25, -0.2) is 8.42 Å². The summed E-state index contributed by atoms with van der Waals surface area (Å²) in [6, 6.07) is 5.93. The molecule has 8 heteroatoms. The lowest BCUT2D eigenvalue weighted by Gasteiger charge is -2.31. The Hall–Kier alpha value is -1.15. The van der Waals surface area contributed by atoms with Crippen LogP contribution >= 0.6 is 11.6 Å². The standard InChI is InChI=1S/C14H19ClN2O4S/c15-11-1-3-12(4-2-11)22(19,20)10-7-17-13(18)14(16)5-8-21-9-6-14/h1-4H,5-10,16H2,(H,17,18). The number of sulfone groups is 1. The van der Waals surface area contributed by atoms with E-state index in [4.69, 9.17) is 22.1 Å². The van der Waals surface area contributed by atoms with Gasteiger partial charge in [-0.05, 0) is 37.1 Å². The Bertz CT molecular complexity index is 625. The van der Waals surface area contributed by atoms with Crippen molar-refractivity contribution < 1.29 is 17.9 Å². The number of nitrogens with one attached hydrogen (secondary N) is 1. The van der Waals surface area contributed by atoms with Crippen molar-refractivity contribution in [3.05, 3.63) is 29.3 Å². The summed E-state index contributed by atoms with van der Waals surface area (Å²) in [4.78, 5) is 12.3. The number of carbonyl (C=O) groups excluding carboxylic acids is 1. The van der Waals surface area contributed by atoms with Crippen LogP contribution in [-0.2, 0) is 19.4 Å². The van der Waals surface area contributed by atoms with Crippen molar-refractivity contribution in [1.82, 2.24) is 5.32 Å². The molecule has 0 aromatic heterocycles. The van der Waals surface area contributed by atoms with Gasteiger partial charge in [-0.3, -0.25) is 4.79 Å². The van der Waals surface area contributed by atoms with Crippen molar-refractivity contribution >= 4 is 27.3 Å². The van der Waals surface area contributed by atoms with E-state index in [1.54, 1.807) is 0 Å². The quantitative estimate of drug-likeness (QED) is 0.819. The average molecular weight is 347 g/mol. The van der Waals surface area contributed by atoms with Crippen LogP contribution in [0.15, 0.2) is 29.2 Å². The topological polar surface area (TPSA) is 98.5 Å². The lowest BCUT2D eigenvalue weighted by Crippen LogP contribution is -2.57. The summed E-state index contributed by atoms with van der Waals surface area (Å²) in [5, 5.41) is 3.07. The minimum absolute atomic E-state index is 0.0175. The number of amides is 1. The Morgan fingerprint density at radius 2 is 1.86 bits per heavy atom. The highest BCUT2D eigenvalue weighted by Gasteiger charge is 2.35. The zero-order valence-corrected chi connectivity index (χ0v) is 13.6. The van der Waals surface area contributed by atoms with E-state index in [1.807, 2.05) is 0 Å². The number of halogens is 1. The SMILES string of the molecule is NC1(C(=O)NCCS(=O)(=O)c2ccc(Cl)cc2)CCOCC1. The molecule has 1 heterocycles. The van der Waals surface area contributed by atoms with E-state index in [0.29, 0.717) is 31.1 Å². The maximum atomic E-state index is 12.1. The van der Waals surface area contributed by atoms with Crippen LogP contribution < -0.4 is 11.1 Å². The van der Waals surface area contributed by atoms with E-state index in [9.17, 15) is 13.2 Å². The minimum atomic E-state index is -3.46. The van der Waals surface area contributed by atoms with Gasteiger partial charge in [0.05, 0.1) is 16.2 Å². The van der Waals surface area contributed by atoms with Crippen molar-refractivity contribution in [2.75, 3.05) is 25.5 Å². The van der Waals surface area contributed by atoms with Crippen molar-refractivity contribution in [3.63, 3.8) is 0 Å². The lowest BCUT2D eigenvalue weighted by molar-refractivity contribution is -0.129. The smallest absolute Gasteiger partial charge is 0.240 e. The van der Waals surface area contributed by atoms with Crippen molar-refractivity contribution in [3.8, 4) is 0 Å². The number of benzene rings is 1. The van der Waals surface area contributed by atoms with Gasteiger partial charge in [0.2, 0.25) is 5.91 Å². The summed E-state index contributed by atoms with van der Waals surface area (Å²) in [5.41, 5.74) is 5.05. The van der Waals surface area contributed by atoms with Gasteiger partial charge >= 0.3 is 0 Å². The Morgan fingerprint density at radius 3 is 2.45 bits per heavy atom. The van der Waals surface area contributed by atoms with Crippen LogP contribution in [0.25, 0.3) is 0 Å². The number of hydrogen-bond acceptors (Lipinski definition) is 5. The Kier molecular flexibility index (Phi) is 5.44. The molecule has 1 aromatic rings. The first kappa shape index (κ1) is 17.2.